The zero-order valence-electron chi connectivity index (χ0n) is 9.98. The van der Waals surface area contributed by atoms with Crippen LogP contribution in [0.4, 0.5) is 5.69 Å². The van der Waals surface area contributed by atoms with Gasteiger partial charge in [-0.05, 0) is 18.6 Å². The summed E-state index contributed by atoms with van der Waals surface area (Å²) in [6, 6.07) is 4.62. The maximum absolute atomic E-state index is 11.1. The SMILES string of the molecule is CCC(CO)(CO)Nc1cccc(Cl)c1C(=O)O. The summed E-state index contributed by atoms with van der Waals surface area (Å²) in [5.41, 5.74) is -0.756. The van der Waals surface area contributed by atoms with Gasteiger partial charge in [0.25, 0.3) is 0 Å². The molecule has 0 aliphatic rings. The molecule has 1 rings (SSSR count). The van der Waals surface area contributed by atoms with E-state index in [-0.39, 0.29) is 29.5 Å². The Kier molecular flexibility index (Phi) is 4.95. The van der Waals surface area contributed by atoms with Crippen LogP contribution in [0.1, 0.15) is 23.7 Å². The second-order valence-electron chi connectivity index (χ2n) is 4.04. The Balaban J connectivity index is 3.18. The number of carboxylic acid groups (broad SMARTS) is 1. The standard InChI is InChI=1S/C12H16ClNO4/c1-2-12(6-15,7-16)14-9-5-3-4-8(13)10(9)11(17)18/h3-5,14-16H,2,6-7H2,1H3,(H,17,18). The van der Waals surface area contributed by atoms with E-state index in [1.807, 2.05) is 0 Å². The zero-order chi connectivity index (χ0) is 13.8. The summed E-state index contributed by atoms with van der Waals surface area (Å²) < 4.78 is 0. The van der Waals surface area contributed by atoms with Crippen LogP contribution in [0.25, 0.3) is 0 Å². The lowest BCUT2D eigenvalue weighted by molar-refractivity contribution is 0.0697. The minimum Gasteiger partial charge on any atom is -0.478 e. The lowest BCUT2D eigenvalue weighted by Gasteiger charge is -2.31. The van der Waals surface area contributed by atoms with Crippen LogP contribution in [0.3, 0.4) is 0 Å². The molecule has 0 radical (unpaired) electrons. The molecule has 0 aliphatic heterocycles. The van der Waals surface area contributed by atoms with Gasteiger partial charge in [0.1, 0.15) is 5.56 Å². The first-order valence-corrected chi connectivity index (χ1v) is 5.89. The maximum Gasteiger partial charge on any atom is 0.339 e. The second-order valence-corrected chi connectivity index (χ2v) is 4.45. The van der Waals surface area contributed by atoms with Crippen LogP contribution in [-0.2, 0) is 0 Å². The topological polar surface area (TPSA) is 89.8 Å². The molecule has 0 aliphatic carbocycles. The van der Waals surface area contributed by atoms with E-state index < -0.39 is 11.5 Å². The van der Waals surface area contributed by atoms with Crippen molar-refractivity contribution >= 4 is 23.3 Å². The summed E-state index contributed by atoms with van der Waals surface area (Å²) in [7, 11) is 0. The average Bonchev–Trinajstić information content (AvgIpc) is 2.35. The molecule has 0 unspecified atom stereocenters. The number of benzene rings is 1. The highest BCUT2D eigenvalue weighted by molar-refractivity contribution is 6.34. The van der Waals surface area contributed by atoms with Crippen molar-refractivity contribution in [1.29, 1.82) is 0 Å². The van der Waals surface area contributed by atoms with Gasteiger partial charge in [-0.25, -0.2) is 4.79 Å². The smallest absolute Gasteiger partial charge is 0.339 e. The minimum absolute atomic E-state index is 0.0705. The second kappa shape index (κ2) is 6.04. The Morgan fingerprint density at radius 1 is 1.39 bits per heavy atom. The predicted octanol–water partition coefficient (Wildman–Crippen LogP) is 1.58. The molecule has 0 fully saturated rings. The van der Waals surface area contributed by atoms with E-state index in [0.717, 1.165) is 0 Å². The molecule has 0 atom stereocenters. The van der Waals surface area contributed by atoms with Gasteiger partial charge < -0.3 is 20.6 Å². The summed E-state index contributed by atoms with van der Waals surface area (Å²) in [6.45, 7) is 1.15. The van der Waals surface area contributed by atoms with Crippen molar-refractivity contribution in [2.24, 2.45) is 0 Å². The van der Waals surface area contributed by atoms with Crippen molar-refractivity contribution in [2.45, 2.75) is 18.9 Å². The maximum atomic E-state index is 11.1. The number of hydrogen-bond donors (Lipinski definition) is 4. The number of carboxylic acids is 1. The summed E-state index contributed by atoms with van der Waals surface area (Å²) >= 11 is 5.84. The Hall–Kier alpha value is -1.30. The Morgan fingerprint density at radius 3 is 2.44 bits per heavy atom. The molecule has 0 amide bonds. The molecule has 0 aromatic heterocycles. The number of hydrogen-bond acceptors (Lipinski definition) is 4. The normalized spacial score (nSPS) is 11.3. The monoisotopic (exact) mass is 273 g/mol. The van der Waals surface area contributed by atoms with Gasteiger partial charge in [0.05, 0.1) is 29.5 Å². The van der Waals surface area contributed by atoms with Crippen molar-refractivity contribution < 1.29 is 20.1 Å². The molecule has 0 spiro atoms. The molecule has 0 heterocycles. The first kappa shape index (κ1) is 14.8. The molecule has 5 nitrogen and oxygen atoms in total. The van der Waals surface area contributed by atoms with Crippen LogP contribution < -0.4 is 5.32 Å². The van der Waals surface area contributed by atoms with Crippen molar-refractivity contribution in [3.05, 3.63) is 28.8 Å². The van der Waals surface area contributed by atoms with Gasteiger partial charge in [0.15, 0.2) is 0 Å². The number of carbonyl (C=O) groups is 1. The highest BCUT2D eigenvalue weighted by atomic mass is 35.5. The van der Waals surface area contributed by atoms with Gasteiger partial charge in [0, 0.05) is 0 Å². The van der Waals surface area contributed by atoms with Crippen LogP contribution in [0, 0.1) is 0 Å². The minimum atomic E-state index is -1.16. The third-order valence-electron chi connectivity index (χ3n) is 2.91. The third-order valence-corrected chi connectivity index (χ3v) is 3.22. The third kappa shape index (κ3) is 2.93. The average molecular weight is 274 g/mol. The summed E-state index contributed by atoms with van der Waals surface area (Å²) in [4.78, 5) is 11.1. The van der Waals surface area contributed by atoms with E-state index in [0.29, 0.717) is 6.42 Å². The van der Waals surface area contributed by atoms with E-state index in [1.54, 1.807) is 19.1 Å². The van der Waals surface area contributed by atoms with Gasteiger partial charge in [0.2, 0.25) is 0 Å². The van der Waals surface area contributed by atoms with E-state index >= 15 is 0 Å². The molecule has 0 bridgehead atoms. The van der Waals surface area contributed by atoms with Crippen LogP contribution in [-0.4, -0.2) is 40.0 Å². The lowest BCUT2D eigenvalue weighted by atomic mass is 9.97. The Labute approximate surface area is 110 Å². The fraction of sp³-hybridized carbons (Fsp3) is 0.417. The van der Waals surface area contributed by atoms with E-state index in [9.17, 15) is 15.0 Å². The highest BCUT2D eigenvalue weighted by Gasteiger charge is 2.28. The molecule has 1 aromatic rings. The molecule has 0 saturated heterocycles. The Bertz CT molecular complexity index is 424. The predicted molar refractivity (Wildman–Crippen MR) is 69.2 cm³/mol. The molecular formula is C12H16ClNO4. The molecule has 100 valence electrons. The van der Waals surface area contributed by atoms with Crippen LogP contribution in [0.5, 0.6) is 0 Å². The first-order chi connectivity index (χ1) is 8.49. The summed E-state index contributed by atoms with van der Waals surface area (Å²) in [5.74, 6) is -1.16. The summed E-state index contributed by atoms with van der Waals surface area (Å²) in [6.07, 6.45) is 0.436. The van der Waals surface area contributed by atoms with Gasteiger partial charge in [-0.2, -0.15) is 0 Å². The number of anilines is 1. The van der Waals surface area contributed by atoms with Crippen molar-refractivity contribution in [1.82, 2.24) is 0 Å². The highest BCUT2D eigenvalue weighted by Crippen LogP contribution is 2.27. The number of aromatic carboxylic acids is 1. The van der Waals surface area contributed by atoms with E-state index in [1.165, 1.54) is 6.07 Å². The van der Waals surface area contributed by atoms with Crippen LogP contribution in [0.2, 0.25) is 5.02 Å². The van der Waals surface area contributed by atoms with Crippen LogP contribution >= 0.6 is 11.6 Å². The quantitative estimate of drug-likeness (QED) is 0.632. The largest absolute Gasteiger partial charge is 0.478 e. The van der Waals surface area contributed by atoms with Crippen molar-refractivity contribution in [3.8, 4) is 0 Å². The zero-order valence-corrected chi connectivity index (χ0v) is 10.7. The summed E-state index contributed by atoms with van der Waals surface area (Å²) in [5, 5.41) is 30.8. The number of aliphatic hydroxyl groups excluding tert-OH is 2. The first-order valence-electron chi connectivity index (χ1n) is 5.51. The molecule has 18 heavy (non-hydrogen) atoms. The molecule has 6 heteroatoms. The Morgan fingerprint density at radius 2 is 2.00 bits per heavy atom. The number of halogens is 1. The van der Waals surface area contributed by atoms with Crippen molar-refractivity contribution in [2.75, 3.05) is 18.5 Å². The van der Waals surface area contributed by atoms with Crippen molar-refractivity contribution in [3.63, 3.8) is 0 Å². The molecule has 4 N–H and O–H groups in total. The van der Waals surface area contributed by atoms with Gasteiger partial charge >= 0.3 is 5.97 Å². The fourth-order valence-electron chi connectivity index (χ4n) is 1.57. The molecule has 0 saturated carbocycles. The van der Waals surface area contributed by atoms with E-state index in [4.69, 9.17) is 16.7 Å². The molecular weight excluding hydrogens is 258 g/mol. The lowest BCUT2D eigenvalue weighted by Crippen LogP contribution is -2.45. The number of aliphatic hydroxyl groups is 2. The van der Waals surface area contributed by atoms with Gasteiger partial charge in [-0.3, -0.25) is 0 Å². The van der Waals surface area contributed by atoms with Gasteiger partial charge in [-0.15, -0.1) is 0 Å². The number of rotatable bonds is 6. The number of nitrogens with one attached hydrogen (secondary N) is 1. The van der Waals surface area contributed by atoms with E-state index in [2.05, 4.69) is 5.32 Å². The van der Waals surface area contributed by atoms with Crippen LogP contribution in [0.15, 0.2) is 18.2 Å². The fourth-order valence-corrected chi connectivity index (χ4v) is 1.83. The molecule has 1 aromatic carbocycles. The van der Waals surface area contributed by atoms with Gasteiger partial charge in [-0.1, -0.05) is 24.6 Å².